The van der Waals surface area contributed by atoms with Crippen LogP contribution in [-0.2, 0) is 11.0 Å². The molecule has 2 heterocycles. The van der Waals surface area contributed by atoms with E-state index in [0.717, 1.165) is 39.4 Å². The van der Waals surface area contributed by atoms with Gasteiger partial charge < -0.3 is 5.84 Å². The lowest BCUT2D eigenvalue weighted by atomic mass is 9.97. The van der Waals surface area contributed by atoms with Crippen molar-refractivity contribution in [3.8, 4) is 0 Å². The number of alkyl halides is 3. The highest BCUT2D eigenvalue weighted by Gasteiger charge is 2.39. The number of hydrazone groups is 1. The SMILES string of the molecule is Nn1c(SCC(=O)N2N=C(c3ccc4ccccc4c3)CC2c2ccccc2)nnc1C(F)(F)F. The molecule has 7 nitrogen and oxygen atoms in total. The third-order valence-electron chi connectivity index (χ3n) is 5.68. The molecule has 3 aromatic carbocycles. The zero-order chi connectivity index (χ0) is 24.6. The van der Waals surface area contributed by atoms with Gasteiger partial charge in [0, 0.05) is 6.42 Å². The molecule has 1 aliphatic heterocycles. The van der Waals surface area contributed by atoms with Crippen molar-refractivity contribution in [2.75, 3.05) is 11.6 Å². The van der Waals surface area contributed by atoms with Crippen LogP contribution in [0.3, 0.4) is 0 Å². The van der Waals surface area contributed by atoms with Gasteiger partial charge in [0.2, 0.25) is 5.16 Å². The summed E-state index contributed by atoms with van der Waals surface area (Å²) in [4.78, 5) is 13.2. The van der Waals surface area contributed by atoms with Crippen LogP contribution in [-0.4, -0.2) is 37.3 Å². The summed E-state index contributed by atoms with van der Waals surface area (Å²) in [5.41, 5.74) is 2.57. The van der Waals surface area contributed by atoms with Gasteiger partial charge in [-0.05, 0) is 28.0 Å². The predicted octanol–water partition coefficient (Wildman–Crippen LogP) is 4.63. The van der Waals surface area contributed by atoms with Gasteiger partial charge in [0.05, 0.1) is 17.5 Å². The van der Waals surface area contributed by atoms with Crippen LogP contribution in [0.15, 0.2) is 83.1 Å². The van der Waals surface area contributed by atoms with Gasteiger partial charge in [0.25, 0.3) is 11.7 Å². The topological polar surface area (TPSA) is 89.4 Å². The van der Waals surface area contributed by atoms with Crippen LogP contribution in [0, 0.1) is 0 Å². The number of carbonyl (C=O) groups is 1. The summed E-state index contributed by atoms with van der Waals surface area (Å²) < 4.78 is 39.2. The second-order valence-corrected chi connectivity index (χ2v) is 8.88. The highest BCUT2D eigenvalue weighted by molar-refractivity contribution is 7.99. The number of nitrogen functional groups attached to an aromatic ring is 1. The van der Waals surface area contributed by atoms with E-state index in [0.29, 0.717) is 11.1 Å². The summed E-state index contributed by atoms with van der Waals surface area (Å²) in [6, 6.07) is 23.1. The Bertz CT molecular complexity index is 1420. The van der Waals surface area contributed by atoms with Crippen LogP contribution < -0.4 is 5.84 Å². The maximum atomic E-state index is 13.2. The highest BCUT2D eigenvalue weighted by atomic mass is 32.2. The Hall–Kier alpha value is -3.86. The number of aromatic nitrogens is 3. The maximum absolute atomic E-state index is 13.2. The molecule has 4 aromatic rings. The molecular weight excluding hydrogens is 477 g/mol. The summed E-state index contributed by atoms with van der Waals surface area (Å²) in [7, 11) is 0. The molecule has 1 atom stereocenters. The summed E-state index contributed by atoms with van der Waals surface area (Å²) in [5, 5.41) is 14.6. The minimum absolute atomic E-state index is 0.203. The van der Waals surface area contributed by atoms with E-state index in [1.807, 2.05) is 72.8 Å². The minimum Gasteiger partial charge on any atom is -0.335 e. The van der Waals surface area contributed by atoms with Gasteiger partial charge in [-0.1, -0.05) is 78.5 Å². The molecule has 0 saturated heterocycles. The first-order valence-electron chi connectivity index (χ1n) is 10.7. The van der Waals surface area contributed by atoms with Gasteiger partial charge in [-0.3, -0.25) is 4.79 Å². The molecule has 2 N–H and O–H groups in total. The lowest BCUT2D eigenvalue weighted by Gasteiger charge is -2.21. The molecule has 1 amide bonds. The van der Waals surface area contributed by atoms with E-state index in [-0.39, 0.29) is 22.9 Å². The first kappa shape index (κ1) is 22.9. The van der Waals surface area contributed by atoms with Crippen molar-refractivity contribution in [3.63, 3.8) is 0 Å². The molecule has 0 bridgehead atoms. The summed E-state index contributed by atoms with van der Waals surface area (Å²) in [6.45, 7) is 0. The lowest BCUT2D eigenvalue weighted by molar-refractivity contribution is -0.146. The molecule has 1 unspecified atom stereocenters. The third-order valence-corrected chi connectivity index (χ3v) is 6.60. The largest absolute Gasteiger partial charge is 0.453 e. The van der Waals surface area contributed by atoms with Crippen LogP contribution in [0.4, 0.5) is 13.2 Å². The van der Waals surface area contributed by atoms with Crippen LogP contribution in [0.5, 0.6) is 0 Å². The third kappa shape index (κ3) is 4.59. The molecule has 1 aliphatic rings. The first-order chi connectivity index (χ1) is 16.8. The van der Waals surface area contributed by atoms with E-state index in [1.165, 1.54) is 5.01 Å². The monoisotopic (exact) mass is 496 g/mol. The number of fused-ring (bicyclic) bond motifs is 1. The van der Waals surface area contributed by atoms with Crippen LogP contribution >= 0.6 is 11.8 Å². The standard InChI is InChI=1S/C24H19F3N6OS/c25-24(26,27)22-29-30-23(32(22)28)35-14-21(34)33-20(16-7-2-1-3-8-16)13-19(31-33)18-11-10-15-6-4-5-9-17(15)12-18/h1-12,20H,13-14,28H2. The van der Waals surface area contributed by atoms with Crippen molar-refractivity contribution in [3.05, 3.63) is 89.7 Å². The van der Waals surface area contributed by atoms with Crippen LogP contribution in [0.1, 0.15) is 29.4 Å². The second-order valence-electron chi connectivity index (χ2n) is 7.94. The quantitative estimate of drug-likeness (QED) is 0.321. The van der Waals surface area contributed by atoms with E-state index >= 15 is 0 Å². The molecule has 0 fully saturated rings. The highest BCUT2D eigenvalue weighted by Crippen LogP contribution is 2.34. The minimum atomic E-state index is -4.74. The van der Waals surface area contributed by atoms with E-state index in [9.17, 15) is 18.0 Å². The Morgan fingerprint density at radius 2 is 1.71 bits per heavy atom. The zero-order valence-corrected chi connectivity index (χ0v) is 19.0. The number of nitrogens with two attached hydrogens (primary N) is 1. The molecule has 5 rings (SSSR count). The molecule has 11 heteroatoms. The number of thioether (sulfide) groups is 1. The number of hydrogen-bond donors (Lipinski definition) is 1. The van der Waals surface area contributed by atoms with E-state index in [1.54, 1.807) is 0 Å². The second kappa shape index (κ2) is 9.06. The number of carbonyl (C=O) groups excluding carboxylic acids is 1. The Labute approximate surface area is 202 Å². The van der Waals surface area contributed by atoms with Crippen molar-refractivity contribution in [1.82, 2.24) is 19.9 Å². The van der Waals surface area contributed by atoms with Gasteiger partial charge in [-0.15, -0.1) is 10.2 Å². The number of nitrogens with zero attached hydrogens (tertiary/aromatic N) is 5. The number of hydrogen-bond acceptors (Lipinski definition) is 6. The van der Waals surface area contributed by atoms with Crippen molar-refractivity contribution in [2.45, 2.75) is 23.8 Å². The van der Waals surface area contributed by atoms with Crippen molar-refractivity contribution < 1.29 is 18.0 Å². The normalized spacial score (nSPS) is 16.0. The number of benzene rings is 3. The number of amides is 1. The fraction of sp³-hybridized carbons (Fsp3) is 0.167. The summed E-state index contributed by atoms with van der Waals surface area (Å²) in [5.74, 6) is 3.58. The molecular formula is C24H19F3N6OS. The Kier molecular flexibility index (Phi) is 5.93. The number of halogens is 3. The van der Waals surface area contributed by atoms with Gasteiger partial charge in [-0.25, -0.2) is 9.69 Å². The summed E-state index contributed by atoms with van der Waals surface area (Å²) in [6.07, 6.45) is -4.24. The fourth-order valence-corrected chi connectivity index (χ4v) is 4.69. The van der Waals surface area contributed by atoms with Crippen molar-refractivity contribution in [2.24, 2.45) is 5.10 Å². The average Bonchev–Trinajstić information content (AvgIpc) is 3.47. The molecule has 1 aromatic heterocycles. The summed E-state index contributed by atoms with van der Waals surface area (Å²) >= 11 is 0.779. The van der Waals surface area contributed by atoms with Gasteiger partial charge in [0.15, 0.2) is 0 Å². The van der Waals surface area contributed by atoms with Gasteiger partial charge in [0.1, 0.15) is 0 Å². The molecule has 0 radical (unpaired) electrons. The van der Waals surface area contributed by atoms with E-state index in [4.69, 9.17) is 5.84 Å². The Morgan fingerprint density at radius 3 is 2.43 bits per heavy atom. The number of rotatable bonds is 5. The first-order valence-corrected chi connectivity index (χ1v) is 11.6. The van der Waals surface area contributed by atoms with Gasteiger partial charge >= 0.3 is 6.18 Å². The molecule has 178 valence electrons. The van der Waals surface area contributed by atoms with E-state index in [2.05, 4.69) is 15.3 Å². The Balaban J connectivity index is 1.41. The molecule has 35 heavy (non-hydrogen) atoms. The molecule has 0 aliphatic carbocycles. The smallest absolute Gasteiger partial charge is 0.335 e. The zero-order valence-electron chi connectivity index (χ0n) is 18.2. The lowest BCUT2D eigenvalue weighted by Crippen LogP contribution is -2.29. The predicted molar refractivity (Wildman–Crippen MR) is 127 cm³/mol. The molecule has 0 saturated carbocycles. The van der Waals surface area contributed by atoms with Crippen molar-refractivity contribution >= 4 is 34.2 Å². The van der Waals surface area contributed by atoms with E-state index < -0.39 is 12.0 Å². The van der Waals surface area contributed by atoms with Crippen LogP contribution in [0.2, 0.25) is 0 Å². The Morgan fingerprint density at radius 1 is 1.00 bits per heavy atom. The average molecular weight is 497 g/mol. The van der Waals surface area contributed by atoms with Crippen molar-refractivity contribution in [1.29, 1.82) is 0 Å². The fourth-order valence-electron chi connectivity index (χ4n) is 3.98. The van der Waals surface area contributed by atoms with Crippen LogP contribution in [0.25, 0.3) is 10.8 Å². The maximum Gasteiger partial charge on any atom is 0.453 e. The van der Waals surface area contributed by atoms with Gasteiger partial charge in [-0.2, -0.15) is 18.3 Å². The molecule has 0 spiro atoms.